The van der Waals surface area contributed by atoms with Crippen LogP contribution in [0.4, 0.5) is 5.69 Å². The predicted molar refractivity (Wildman–Crippen MR) is 113 cm³/mol. The van der Waals surface area contributed by atoms with Crippen molar-refractivity contribution in [1.29, 1.82) is 0 Å². The number of benzene rings is 2. The number of anilines is 1. The maximum atomic E-state index is 12.9. The van der Waals surface area contributed by atoms with E-state index in [1.165, 1.54) is 10.8 Å². The fraction of sp³-hybridized carbons (Fsp3) is 0.182. The Bertz CT molecular complexity index is 1390. The molecule has 1 aliphatic heterocycles. The minimum Gasteiger partial charge on any atom is -0.454 e. The number of fused-ring (bicyclic) bond motifs is 2. The van der Waals surface area contributed by atoms with Gasteiger partial charge in [0, 0.05) is 17.3 Å². The van der Waals surface area contributed by atoms with Crippen molar-refractivity contribution in [3.8, 4) is 22.8 Å². The third-order valence-corrected chi connectivity index (χ3v) is 5.11. The molecule has 1 N–H and O–H groups in total. The van der Waals surface area contributed by atoms with E-state index in [0.29, 0.717) is 28.4 Å². The molecule has 0 spiro atoms. The van der Waals surface area contributed by atoms with Gasteiger partial charge in [0.2, 0.25) is 12.7 Å². The van der Waals surface area contributed by atoms with Gasteiger partial charge in [-0.05, 0) is 43.7 Å². The van der Waals surface area contributed by atoms with Crippen molar-refractivity contribution >= 4 is 17.1 Å². The number of carbonyl (C=O) groups excluding carboxylic acids is 1. The number of aromatic nitrogens is 4. The van der Waals surface area contributed by atoms with E-state index in [1.54, 1.807) is 24.3 Å². The van der Waals surface area contributed by atoms with Gasteiger partial charge in [-0.15, -0.1) is 0 Å². The van der Waals surface area contributed by atoms with Gasteiger partial charge in [0.1, 0.15) is 18.4 Å². The molecule has 2 aromatic heterocycles. The highest BCUT2D eigenvalue weighted by molar-refractivity contribution is 5.91. The Morgan fingerprint density at radius 3 is 2.81 bits per heavy atom. The van der Waals surface area contributed by atoms with Gasteiger partial charge in [-0.2, -0.15) is 10.2 Å². The summed E-state index contributed by atoms with van der Waals surface area (Å²) in [6, 6.07) is 12.9. The van der Waals surface area contributed by atoms with E-state index in [9.17, 15) is 9.59 Å². The van der Waals surface area contributed by atoms with E-state index in [1.807, 2.05) is 32.0 Å². The topological polar surface area (TPSA) is 99.8 Å². The summed E-state index contributed by atoms with van der Waals surface area (Å²) >= 11 is 0. The standard InChI is InChI=1S/C22H19N5O4/c1-13-3-4-14(2)16(7-13)17-9-18-22(29)26(23-11-27(18)25-17)10-21(28)24-15-5-6-19-20(8-15)31-12-30-19/h3-9,11H,10,12H2,1-2H3,(H,24,28). The van der Waals surface area contributed by atoms with E-state index < -0.39 is 5.56 Å². The molecule has 31 heavy (non-hydrogen) atoms. The van der Waals surface area contributed by atoms with Gasteiger partial charge in [-0.1, -0.05) is 17.7 Å². The molecule has 0 saturated carbocycles. The lowest BCUT2D eigenvalue weighted by Gasteiger charge is -2.07. The smallest absolute Gasteiger partial charge is 0.293 e. The van der Waals surface area contributed by atoms with Crippen LogP contribution in [0.5, 0.6) is 11.5 Å². The molecule has 9 nitrogen and oxygen atoms in total. The lowest BCUT2D eigenvalue weighted by molar-refractivity contribution is -0.117. The lowest BCUT2D eigenvalue weighted by Crippen LogP contribution is -2.30. The Morgan fingerprint density at radius 1 is 1.10 bits per heavy atom. The van der Waals surface area contributed by atoms with Gasteiger partial charge in [-0.3, -0.25) is 9.59 Å². The molecule has 156 valence electrons. The molecule has 1 aliphatic rings. The lowest BCUT2D eigenvalue weighted by atomic mass is 10.0. The number of nitrogens with zero attached hydrogens (tertiary/aromatic N) is 4. The van der Waals surface area contributed by atoms with E-state index in [-0.39, 0.29) is 19.2 Å². The minimum absolute atomic E-state index is 0.154. The Labute approximate surface area is 176 Å². The van der Waals surface area contributed by atoms with Crippen LogP contribution in [-0.4, -0.2) is 32.1 Å². The normalized spacial score (nSPS) is 12.3. The van der Waals surface area contributed by atoms with Crippen LogP contribution >= 0.6 is 0 Å². The third-order valence-electron chi connectivity index (χ3n) is 5.11. The van der Waals surface area contributed by atoms with E-state index >= 15 is 0 Å². The SMILES string of the molecule is Cc1ccc(C)c(-c2cc3c(=O)n(CC(=O)Nc4ccc5c(c4)OCO5)ncn3n2)c1. The van der Waals surface area contributed by atoms with E-state index in [4.69, 9.17) is 9.47 Å². The van der Waals surface area contributed by atoms with Crippen molar-refractivity contribution in [3.63, 3.8) is 0 Å². The molecule has 2 aromatic carbocycles. The monoisotopic (exact) mass is 417 g/mol. The summed E-state index contributed by atoms with van der Waals surface area (Å²) in [4.78, 5) is 25.4. The first kappa shape index (κ1) is 18.9. The van der Waals surface area contributed by atoms with Gasteiger partial charge in [-0.25, -0.2) is 9.20 Å². The Morgan fingerprint density at radius 2 is 1.94 bits per heavy atom. The van der Waals surface area contributed by atoms with Gasteiger partial charge >= 0.3 is 0 Å². The summed E-state index contributed by atoms with van der Waals surface area (Å²) in [5.41, 5.74) is 4.30. The molecule has 0 unspecified atom stereocenters. The van der Waals surface area contributed by atoms with E-state index in [0.717, 1.165) is 21.4 Å². The van der Waals surface area contributed by atoms with Crippen LogP contribution < -0.4 is 20.3 Å². The van der Waals surface area contributed by atoms with Gasteiger partial charge in [0.05, 0.1) is 5.69 Å². The zero-order chi connectivity index (χ0) is 21.5. The molecule has 0 aliphatic carbocycles. The summed E-state index contributed by atoms with van der Waals surface area (Å²) in [5.74, 6) is 0.807. The average Bonchev–Trinajstić information content (AvgIpc) is 3.39. The van der Waals surface area contributed by atoms with Crippen molar-refractivity contribution in [2.75, 3.05) is 12.1 Å². The largest absolute Gasteiger partial charge is 0.454 e. The summed E-state index contributed by atoms with van der Waals surface area (Å²) in [6.07, 6.45) is 1.43. The Kier molecular flexibility index (Phi) is 4.43. The first-order valence-corrected chi connectivity index (χ1v) is 9.70. The van der Waals surface area contributed by atoms with Crippen LogP contribution in [0, 0.1) is 13.8 Å². The number of ether oxygens (including phenoxy) is 2. The quantitative estimate of drug-likeness (QED) is 0.548. The summed E-state index contributed by atoms with van der Waals surface area (Å²) in [7, 11) is 0. The predicted octanol–water partition coefficient (Wildman–Crippen LogP) is 2.54. The molecular weight excluding hydrogens is 398 g/mol. The third kappa shape index (κ3) is 3.50. The maximum Gasteiger partial charge on any atom is 0.293 e. The van der Waals surface area contributed by atoms with Crippen molar-refractivity contribution in [2.24, 2.45) is 0 Å². The highest BCUT2D eigenvalue weighted by Gasteiger charge is 2.16. The number of carbonyl (C=O) groups is 1. The molecule has 3 heterocycles. The second-order valence-electron chi connectivity index (χ2n) is 7.39. The highest BCUT2D eigenvalue weighted by Crippen LogP contribution is 2.34. The van der Waals surface area contributed by atoms with Gasteiger partial charge in [0.25, 0.3) is 5.56 Å². The second-order valence-corrected chi connectivity index (χ2v) is 7.39. The summed E-state index contributed by atoms with van der Waals surface area (Å²) in [6.45, 7) is 3.93. The second kappa shape index (κ2) is 7.28. The van der Waals surface area contributed by atoms with Crippen molar-refractivity contribution in [1.82, 2.24) is 19.4 Å². The van der Waals surface area contributed by atoms with Gasteiger partial charge in [0.15, 0.2) is 11.5 Å². The van der Waals surface area contributed by atoms with Crippen LogP contribution in [0.2, 0.25) is 0 Å². The number of hydrogen-bond acceptors (Lipinski definition) is 6. The van der Waals surface area contributed by atoms with Crippen LogP contribution in [0.15, 0.2) is 53.6 Å². The Balaban J connectivity index is 1.40. The zero-order valence-electron chi connectivity index (χ0n) is 17.0. The molecule has 1 amide bonds. The number of nitrogens with one attached hydrogen (secondary N) is 1. The van der Waals surface area contributed by atoms with Crippen LogP contribution in [-0.2, 0) is 11.3 Å². The highest BCUT2D eigenvalue weighted by atomic mass is 16.7. The zero-order valence-corrected chi connectivity index (χ0v) is 17.0. The van der Waals surface area contributed by atoms with Crippen LogP contribution in [0.1, 0.15) is 11.1 Å². The molecule has 0 radical (unpaired) electrons. The molecule has 0 fully saturated rings. The first-order valence-electron chi connectivity index (χ1n) is 9.70. The minimum atomic E-state index is -0.396. The molecule has 4 aromatic rings. The van der Waals surface area contributed by atoms with Crippen molar-refractivity contribution in [2.45, 2.75) is 20.4 Å². The van der Waals surface area contributed by atoms with E-state index in [2.05, 4.69) is 15.5 Å². The summed E-state index contributed by atoms with van der Waals surface area (Å²) in [5, 5.41) is 11.3. The van der Waals surface area contributed by atoms with Gasteiger partial charge < -0.3 is 14.8 Å². The number of hydrogen-bond donors (Lipinski definition) is 1. The number of rotatable bonds is 4. The maximum absolute atomic E-state index is 12.9. The Hall–Kier alpha value is -4.14. The van der Waals surface area contributed by atoms with Crippen LogP contribution in [0.3, 0.4) is 0 Å². The fourth-order valence-corrected chi connectivity index (χ4v) is 3.50. The molecule has 9 heteroatoms. The van der Waals surface area contributed by atoms with Crippen molar-refractivity contribution in [3.05, 3.63) is 70.3 Å². The molecule has 5 rings (SSSR count). The fourth-order valence-electron chi connectivity index (χ4n) is 3.50. The van der Waals surface area contributed by atoms with Crippen molar-refractivity contribution < 1.29 is 14.3 Å². The molecular formula is C22H19N5O4. The van der Waals surface area contributed by atoms with Crippen LogP contribution in [0.25, 0.3) is 16.8 Å². The number of aryl methyl sites for hydroxylation is 2. The average molecular weight is 417 g/mol. The first-order chi connectivity index (χ1) is 15.0. The molecule has 0 saturated heterocycles. The molecule has 0 atom stereocenters. The molecule has 0 bridgehead atoms. The summed E-state index contributed by atoms with van der Waals surface area (Å²) < 4.78 is 13.1. The number of amides is 1.